The summed E-state index contributed by atoms with van der Waals surface area (Å²) in [6.45, 7) is 6.45. The van der Waals surface area contributed by atoms with Gasteiger partial charge in [0.05, 0.1) is 5.92 Å². The number of hydrogen-bond acceptors (Lipinski definition) is 1. The molecule has 0 saturated carbocycles. The Hall–Kier alpha value is -0.530. The molecule has 0 spiro atoms. The summed E-state index contributed by atoms with van der Waals surface area (Å²) in [4.78, 5) is 11.3. The Morgan fingerprint density at radius 1 is 0.842 bits per heavy atom. The molecule has 0 rings (SSSR count). The number of carboxylic acid groups (broad SMARTS) is 1. The van der Waals surface area contributed by atoms with E-state index < -0.39 is 5.97 Å². The van der Waals surface area contributed by atoms with Crippen LogP contribution in [-0.4, -0.2) is 11.1 Å². The third kappa shape index (κ3) is 9.07. The fourth-order valence-electron chi connectivity index (χ4n) is 2.92. The molecule has 0 aliphatic heterocycles. The highest BCUT2D eigenvalue weighted by Crippen LogP contribution is 2.28. The summed E-state index contributed by atoms with van der Waals surface area (Å²) >= 11 is 0. The molecule has 2 unspecified atom stereocenters. The first kappa shape index (κ1) is 18.5. The first-order valence-corrected chi connectivity index (χ1v) is 8.40. The molecule has 0 fully saturated rings. The molecule has 0 aromatic rings. The minimum Gasteiger partial charge on any atom is -0.481 e. The Balaban J connectivity index is 4.12. The maximum absolute atomic E-state index is 11.3. The monoisotopic (exact) mass is 270 g/mol. The van der Waals surface area contributed by atoms with Crippen LogP contribution in [0.15, 0.2) is 0 Å². The Kier molecular flexibility index (Phi) is 12.2. The lowest BCUT2D eigenvalue weighted by Crippen LogP contribution is -2.23. The standard InChI is InChI=1S/C17H34O2/c1-4-7-9-10-12-14-15(13-11-8-5-2)16(6-3)17(18)19/h15-16H,4-14H2,1-3H3,(H,18,19). The molecule has 0 heterocycles. The number of aliphatic carboxylic acids is 1. The lowest BCUT2D eigenvalue weighted by molar-refractivity contribution is -0.144. The van der Waals surface area contributed by atoms with E-state index in [0.717, 1.165) is 19.3 Å². The van der Waals surface area contributed by atoms with E-state index in [2.05, 4.69) is 13.8 Å². The second-order valence-corrected chi connectivity index (χ2v) is 5.81. The Labute approximate surface area is 120 Å². The van der Waals surface area contributed by atoms with Gasteiger partial charge in [0.1, 0.15) is 0 Å². The quantitative estimate of drug-likeness (QED) is 0.439. The third-order valence-corrected chi connectivity index (χ3v) is 4.18. The Bertz CT molecular complexity index is 213. The van der Waals surface area contributed by atoms with Crippen LogP contribution in [0.1, 0.15) is 91.4 Å². The Morgan fingerprint density at radius 3 is 1.79 bits per heavy atom. The van der Waals surface area contributed by atoms with Crippen molar-refractivity contribution < 1.29 is 9.90 Å². The largest absolute Gasteiger partial charge is 0.481 e. The maximum Gasteiger partial charge on any atom is 0.306 e. The van der Waals surface area contributed by atoms with Crippen molar-refractivity contribution >= 4 is 5.97 Å². The summed E-state index contributed by atoms with van der Waals surface area (Å²) in [5, 5.41) is 9.34. The molecule has 0 bridgehead atoms. The molecule has 2 nitrogen and oxygen atoms in total. The van der Waals surface area contributed by atoms with E-state index in [-0.39, 0.29) is 5.92 Å². The molecule has 19 heavy (non-hydrogen) atoms. The molecular weight excluding hydrogens is 236 g/mol. The first-order chi connectivity index (χ1) is 9.17. The molecule has 0 amide bonds. The molecule has 2 atom stereocenters. The van der Waals surface area contributed by atoms with Crippen LogP contribution in [0.2, 0.25) is 0 Å². The van der Waals surface area contributed by atoms with Crippen LogP contribution in [-0.2, 0) is 4.79 Å². The van der Waals surface area contributed by atoms with Crippen LogP contribution in [0, 0.1) is 11.8 Å². The SMILES string of the molecule is CCCCCCCC(CCCCC)C(CC)C(=O)O. The third-order valence-electron chi connectivity index (χ3n) is 4.18. The molecule has 0 radical (unpaired) electrons. The number of carboxylic acids is 1. The summed E-state index contributed by atoms with van der Waals surface area (Å²) in [6, 6.07) is 0. The maximum atomic E-state index is 11.3. The minimum atomic E-state index is -0.586. The predicted octanol–water partition coefficient (Wildman–Crippen LogP) is 5.65. The van der Waals surface area contributed by atoms with Crippen LogP contribution in [0.3, 0.4) is 0 Å². The van der Waals surface area contributed by atoms with Crippen molar-refractivity contribution in [2.45, 2.75) is 91.4 Å². The van der Waals surface area contributed by atoms with E-state index in [1.54, 1.807) is 0 Å². The number of rotatable bonds is 13. The Morgan fingerprint density at radius 2 is 1.32 bits per heavy atom. The van der Waals surface area contributed by atoms with E-state index in [1.165, 1.54) is 51.4 Å². The van der Waals surface area contributed by atoms with Crippen LogP contribution >= 0.6 is 0 Å². The predicted molar refractivity (Wildman–Crippen MR) is 82.4 cm³/mol. The van der Waals surface area contributed by atoms with Crippen LogP contribution in [0.5, 0.6) is 0 Å². The topological polar surface area (TPSA) is 37.3 Å². The van der Waals surface area contributed by atoms with Crippen LogP contribution < -0.4 is 0 Å². The normalized spacial score (nSPS) is 14.3. The molecule has 0 aliphatic rings. The van der Waals surface area contributed by atoms with Gasteiger partial charge in [-0.1, -0.05) is 72.1 Å². The van der Waals surface area contributed by atoms with Crippen molar-refractivity contribution in [3.05, 3.63) is 0 Å². The zero-order chi connectivity index (χ0) is 14.5. The highest BCUT2D eigenvalue weighted by atomic mass is 16.4. The van der Waals surface area contributed by atoms with Crippen LogP contribution in [0.25, 0.3) is 0 Å². The van der Waals surface area contributed by atoms with Gasteiger partial charge in [-0.2, -0.15) is 0 Å². The second kappa shape index (κ2) is 12.5. The molecule has 0 saturated heterocycles. The molecular formula is C17H34O2. The fourth-order valence-corrected chi connectivity index (χ4v) is 2.92. The minimum absolute atomic E-state index is 0.122. The van der Waals surface area contributed by atoms with Crippen molar-refractivity contribution in [3.8, 4) is 0 Å². The van der Waals surface area contributed by atoms with Gasteiger partial charge >= 0.3 is 5.97 Å². The first-order valence-electron chi connectivity index (χ1n) is 8.40. The average molecular weight is 270 g/mol. The van der Waals surface area contributed by atoms with Crippen molar-refractivity contribution in [1.29, 1.82) is 0 Å². The molecule has 0 aromatic carbocycles. The number of carbonyl (C=O) groups is 1. The van der Waals surface area contributed by atoms with Gasteiger partial charge in [-0.3, -0.25) is 4.79 Å². The molecule has 114 valence electrons. The van der Waals surface area contributed by atoms with E-state index in [0.29, 0.717) is 5.92 Å². The van der Waals surface area contributed by atoms with E-state index in [1.807, 2.05) is 6.92 Å². The number of hydrogen-bond donors (Lipinski definition) is 1. The van der Waals surface area contributed by atoms with Gasteiger partial charge in [0.25, 0.3) is 0 Å². The van der Waals surface area contributed by atoms with Crippen molar-refractivity contribution in [1.82, 2.24) is 0 Å². The average Bonchev–Trinajstić information content (AvgIpc) is 2.38. The second-order valence-electron chi connectivity index (χ2n) is 5.81. The van der Waals surface area contributed by atoms with Crippen molar-refractivity contribution in [2.24, 2.45) is 11.8 Å². The molecule has 2 heteroatoms. The smallest absolute Gasteiger partial charge is 0.306 e. The molecule has 1 N–H and O–H groups in total. The highest BCUT2D eigenvalue weighted by molar-refractivity contribution is 5.70. The van der Waals surface area contributed by atoms with Gasteiger partial charge in [0, 0.05) is 0 Å². The van der Waals surface area contributed by atoms with Gasteiger partial charge in [-0.25, -0.2) is 0 Å². The summed E-state index contributed by atoms with van der Waals surface area (Å²) in [7, 11) is 0. The lowest BCUT2D eigenvalue weighted by Gasteiger charge is -2.23. The van der Waals surface area contributed by atoms with E-state index in [9.17, 15) is 9.90 Å². The van der Waals surface area contributed by atoms with E-state index >= 15 is 0 Å². The van der Waals surface area contributed by atoms with Gasteiger partial charge in [0.2, 0.25) is 0 Å². The zero-order valence-electron chi connectivity index (χ0n) is 13.3. The summed E-state index contributed by atoms with van der Waals surface area (Å²) in [5.74, 6) is -0.309. The van der Waals surface area contributed by atoms with Gasteiger partial charge in [-0.15, -0.1) is 0 Å². The van der Waals surface area contributed by atoms with Crippen molar-refractivity contribution in [2.75, 3.05) is 0 Å². The lowest BCUT2D eigenvalue weighted by atomic mass is 9.82. The van der Waals surface area contributed by atoms with Gasteiger partial charge in [-0.05, 0) is 25.2 Å². The van der Waals surface area contributed by atoms with E-state index in [4.69, 9.17) is 0 Å². The molecule has 0 aromatic heterocycles. The summed E-state index contributed by atoms with van der Waals surface area (Å²) < 4.78 is 0. The van der Waals surface area contributed by atoms with Crippen LogP contribution in [0.4, 0.5) is 0 Å². The summed E-state index contributed by atoms with van der Waals surface area (Å²) in [6.07, 6.45) is 13.0. The van der Waals surface area contributed by atoms with Gasteiger partial charge in [0.15, 0.2) is 0 Å². The van der Waals surface area contributed by atoms with Crippen molar-refractivity contribution in [3.63, 3.8) is 0 Å². The number of unbranched alkanes of at least 4 members (excludes halogenated alkanes) is 6. The summed E-state index contributed by atoms with van der Waals surface area (Å²) in [5.41, 5.74) is 0. The highest BCUT2D eigenvalue weighted by Gasteiger charge is 2.25. The molecule has 0 aliphatic carbocycles. The fraction of sp³-hybridized carbons (Fsp3) is 0.941. The van der Waals surface area contributed by atoms with Gasteiger partial charge < -0.3 is 5.11 Å². The zero-order valence-corrected chi connectivity index (χ0v) is 13.3.